The second kappa shape index (κ2) is 2.97. The van der Waals surface area contributed by atoms with Crippen LogP contribution in [0.1, 0.15) is 0 Å². The Morgan fingerprint density at radius 2 is 2.27 bits per heavy atom. The first kappa shape index (κ1) is 9.98. The molecule has 1 fully saturated rings. The number of nitrogens with one attached hydrogen (secondary N) is 2. The number of carbonyl (C=O) groups excluding carboxylic acids is 2. The molecule has 0 aliphatic carbocycles. The van der Waals surface area contributed by atoms with E-state index in [0.29, 0.717) is 4.90 Å². The van der Waals surface area contributed by atoms with E-state index in [9.17, 15) is 14.8 Å². The summed E-state index contributed by atoms with van der Waals surface area (Å²) in [5.74, 6) is -1.27. The molecule has 2 aliphatic heterocycles. The maximum Gasteiger partial charge on any atom is 0.329 e. The van der Waals surface area contributed by atoms with E-state index in [1.807, 2.05) is 0 Å². The van der Waals surface area contributed by atoms with Gasteiger partial charge in [-0.3, -0.25) is 15.0 Å². The molecule has 3 N–H and O–H groups in total. The molecule has 81 valence electrons. The minimum atomic E-state index is -2.14. The van der Waals surface area contributed by atoms with E-state index in [2.05, 4.69) is 20.5 Å². The molecule has 2 aliphatic rings. The van der Waals surface area contributed by atoms with Crippen molar-refractivity contribution in [1.29, 1.82) is 0 Å². The molecule has 2 rings (SSSR count). The molecular weight excluding hydrogens is 208 g/mol. The van der Waals surface area contributed by atoms with Crippen LogP contribution in [0.15, 0.2) is 4.99 Å². The first-order valence-electron chi connectivity index (χ1n) is 3.95. The Morgan fingerprint density at radius 3 is 2.87 bits per heavy atom. The van der Waals surface area contributed by atoms with E-state index < -0.39 is 24.0 Å². The molecule has 2 unspecified atom stereocenters. The van der Waals surface area contributed by atoms with Crippen molar-refractivity contribution in [2.24, 2.45) is 4.99 Å². The molecule has 0 aromatic rings. The summed E-state index contributed by atoms with van der Waals surface area (Å²) >= 11 is 0. The molecule has 0 aromatic carbocycles. The smallest absolute Gasteiger partial charge is 0.329 e. The van der Waals surface area contributed by atoms with Crippen LogP contribution in [0.2, 0.25) is 0 Å². The number of likely N-dealkylation sites (N-methyl/N-ethyl adjacent to an activating group) is 1. The lowest BCUT2D eigenvalue weighted by molar-refractivity contribution is -0.353. The fraction of sp³-hybridized carbons (Fsp3) is 0.500. The number of fused-ring (bicyclic) bond motifs is 1. The summed E-state index contributed by atoms with van der Waals surface area (Å²) in [5, 5.41) is 23.9. The Morgan fingerprint density at radius 1 is 1.60 bits per heavy atom. The minimum Gasteiger partial charge on any atom is -0.359 e. The molecule has 15 heavy (non-hydrogen) atoms. The molecule has 2 atom stereocenters. The van der Waals surface area contributed by atoms with Crippen LogP contribution in [-0.4, -0.2) is 46.9 Å². The summed E-state index contributed by atoms with van der Waals surface area (Å²) < 4.78 is 0. The molecule has 9 nitrogen and oxygen atoms in total. The van der Waals surface area contributed by atoms with Crippen LogP contribution in [0.25, 0.3) is 0 Å². The Balaban J connectivity index is 2.44. The van der Waals surface area contributed by atoms with E-state index in [1.165, 1.54) is 7.05 Å². The number of aliphatic hydroxyl groups excluding tert-OH is 1. The van der Waals surface area contributed by atoms with Crippen molar-refractivity contribution in [3.05, 3.63) is 0 Å². The Kier molecular flexibility index (Phi) is 1.98. The van der Waals surface area contributed by atoms with Crippen molar-refractivity contribution in [3.63, 3.8) is 0 Å². The van der Waals surface area contributed by atoms with Gasteiger partial charge in [0.25, 0.3) is 11.6 Å². The van der Waals surface area contributed by atoms with Gasteiger partial charge in [-0.05, 0) is 5.26 Å². The monoisotopic (exact) mass is 215 g/mol. The topological polar surface area (TPSA) is 123 Å². The van der Waals surface area contributed by atoms with Gasteiger partial charge in [-0.15, -0.1) is 0 Å². The Bertz CT molecular complexity index is 369. The van der Waals surface area contributed by atoms with Gasteiger partial charge in [0.05, 0.1) is 0 Å². The highest BCUT2D eigenvalue weighted by molar-refractivity contribution is 6.23. The van der Waals surface area contributed by atoms with Gasteiger partial charge in [-0.1, -0.05) is 0 Å². The zero-order valence-corrected chi connectivity index (χ0v) is 7.55. The van der Waals surface area contributed by atoms with Gasteiger partial charge < -0.3 is 5.11 Å². The number of imide groups is 1. The fourth-order valence-corrected chi connectivity index (χ4v) is 1.39. The number of aliphatic imine (C=N–C) groups is 1. The number of rotatable bonds is 1. The highest BCUT2D eigenvalue weighted by Gasteiger charge is 2.58. The molecular formula is C6H7N4O5. The average molecular weight is 215 g/mol. The van der Waals surface area contributed by atoms with Crippen LogP contribution in [0.4, 0.5) is 4.79 Å². The molecule has 0 bridgehead atoms. The number of nitrogens with zero attached hydrogens (tertiary/aromatic N) is 2. The normalized spacial score (nSPS) is 35.0. The molecule has 3 amide bonds. The van der Waals surface area contributed by atoms with Crippen LogP contribution in [0.5, 0.6) is 0 Å². The maximum atomic E-state index is 11.6. The highest BCUT2D eigenvalue weighted by Crippen LogP contribution is 2.21. The lowest BCUT2D eigenvalue weighted by atomic mass is 10.1. The Hall–Kier alpha value is -1.55. The zero-order valence-electron chi connectivity index (χ0n) is 7.55. The van der Waals surface area contributed by atoms with Gasteiger partial charge in [-0.25, -0.2) is 15.1 Å². The van der Waals surface area contributed by atoms with Gasteiger partial charge in [0.2, 0.25) is 6.35 Å². The van der Waals surface area contributed by atoms with E-state index in [4.69, 9.17) is 5.11 Å². The maximum absolute atomic E-state index is 11.6. The predicted molar refractivity (Wildman–Crippen MR) is 42.4 cm³/mol. The second-order valence-corrected chi connectivity index (χ2v) is 3.05. The summed E-state index contributed by atoms with van der Waals surface area (Å²) in [6.45, 7) is 0. The summed E-state index contributed by atoms with van der Waals surface area (Å²) in [5.41, 5.74) is -2.14. The lowest BCUT2D eigenvalue weighted by Gasteiger charge is -2.33. The summed E-state index contributed by atoms with van der Waals surface area (Å²) in [6, 6.07) is -0.748. The van der Waals surface area contributed by atoms with Crippen molar-refractivity contribution < 1.29 is 24.8 Å². The Labute approximate surface area is 83.3 Å². The predicted octanol–water partition coefficient (Wildman–Crippen LogP) is -2.50. The lowest BCUT2D eigenvalue weighted by Crippen LogP contribution is -2.71. The van der Waals surface area contributed by atoms with E-state index in [-0.39, 0.29) is 5.84 Å². The van der Waals surface area contributed by atoms with Crippen LogP contribution < -0.4 is 10.6 Å². The number of carbonyl (C=O) groups is 2. The van der Waals surface area contributed by atoms with Gasteiger partial charge in [0.15, 0.2) is 5.84 Å². The number of urea groups is 1. The first-order chi connectivity index (χ1) is 7.01. The second-order valence-electron chi connectivity index (χ2n) is 3.05. The van der Waals surface area contributed by atoms with E-state index >= 15 is 0 Å². The summed E-state index contributed by atoms with van der Waals surface area (Å²) in [7, 11) is 1.17. The van der Waals surface area contributed by atoms with Gasteiger partial charge in [-0.2, -0.15) is 4.89 Å². The highest BCUT2D eigenvalue weighted by atomic mass is 17.1. The van der Waals surface area contributed by atoms with Crippen molar-refractivity contribution >= 4 is 17.8 Å². The largest absolute Gasteiger partial charge is 0.359 e. The van der Waals surface area contributed by atoms with Crippen molar-refractivity contribution in [3.8, 4) is 0 Å². The number of aliphatic hydroxyl groups is 1. The molecule has 2 heterocycles. The fourth-order valence-electron chi connectivity index (χ4n) is 1.39. The van der Waals surface area contributed by atoms with Crippen molar-refractivity contribution in [2.75, 3.05) is 7.05 Å². The number of hydrogen-bond acceptors (Lipinski definition) is 6. The summed E-state index contributed by atoms with van der Waals surface area (Å²) in [6.07, 6.45) is -1.47. The number of hydrogen-bond donors (Lipinski definition) is 3. The van der Waals surface area contributed by atoms with Crippen molar-refractivity contribution in [1.82, 2.24) is 15.5 Å². The van der Waals surface area contributed by atoms with Crippen molar-refractivity contribution in [2.45, 2.75) is 12.1 Å². The minimum absolute atomic E-state index is 0.335. The van der Waals surface area contributed by atoms with Crippen LogP contribution in [0, 0.1) is 0 Å². The third-order valence-corrected chi connectivity index (χ3v) is 2.18. The molecule has 1 saturated heterocycles. The summed E-state index contributed by atoms with van der Waals surface area (Å²) in [4.78, 5) is 30.6. The van der Waals surface area contributed by atoms with Crippen LogP contribution in [-0.2, 0) is 14.9 Å². The SMILES string of the molecule is CN1C(=O)NC2=NC(O)NC2(O[O])C1=O. The van der Waals surface area contributed by atoms with E-state index in [1.54, 1.807) is 0 Å². The molecule has 0 spiro atoms. The zero-order chi connectivity index (χ0) is 11.2. The average Bonchev–Trinajstić information content (AvgIpc) is 2.52. The van der Waals surface area contributed by atoms with Gasteiger partial charge >= 0.3 is 6.03 Å². The van der Waals surface area contributed by atoms with Crippen LogP contribution >= 0.6 is 0 Å². The third kappa shape index (κ3) is 1.15. The molecule has 1 radical (unpaired) electrons. The van der Waals surface area contributed by atoms with Gasteiger partial charge in [0.1, 0.15) is 0 Å². The quantitative estimate of drug-likeness (QED) is 0.329. The number of amides is 3. The first-order valence-corrected chi connectivity index (χ1v) is 3.95. The van der Waals surface area contributed by atoms with Gasteiger partial charge in [0, 0.05) is 7.05 Å². The standard InChI is InChI=1S/C6H7N4O5/c1-10-3(11)6(15-14)2(8-5(10)13)7-4(12)9-6/h4,9,12H,1H3,(H,7,8,13). The van der Waals surface area contributed by atoms with Crippen LogP contribution in [0.3, 0.4) is 0 Å². The molecule has 0 aromatic heterocycles. The van der Waals surface area contributed by atoms with E-state index in [0.717, 1.165) is 0 Å². The molecule has 9 heteroatoms. The molecule has 0 saturated carbocycles. The third-order valence-electron chi connectivity index (χ3n) is 2.18. The number of amidine groups is 1.